The molecule has 1 aromatic rings. The second kappa shape index (κ2) is 6.76. The average Bonchev–Trinajstić information content (AvgIpc) is 2.82. The van der Waals surface area contributed by atoms with Gasteiger partial charge in [0.05, 0.1) is 0 Å². The molecule has 2 N–H and O–H groups in total. The summed E-state index contributed by atoms with van der Waals surface area (Å²) in [5.41, 5.74) is 7.38. The van der Waals surface area contributed by atoms with Gasteiger partial charge in [0.15, 0.2) is 0 Å². The summed E-state index contributed by atoms with van der Waals surface area (Å²) in [6, 6.07) is 7.66. The zero-order chi connectivity index (χ0) is 12.3. The van der Waals surface area contributed by atoms with Crippen LogP contribution in [0.25, 0.3) is 0 Å². The summed E-state index contributed by atoms with van der Waals surface area (Å²) in [6.45, 7) is 1.40. The van der Waals surface area contributed by atoms with Crippen LogP contribution in [0.4, 0.5) is 0 Å². The molecule has 0 bridgehead atoms. The monoisotopic (exact) mass is 269 g/mol. The van der Waals surface area contributed by atoms with E-state index in [1.807, 2.05) is 24.3 Å². The van der Waals surface area contributed by atoms with Gasteiger partial charge >= 0.3 is 5.97 Å². The van der Waals surface area contributed by atoms with E-state index in [0.29, 0.717) is 11.7 Å². The van der Waals surface area contributed by atoms with Gasteiger partial charge in [0.2, 0.25) is 0 Å². The fourth-order valence-corrected chi connectivity index (χ4v) is 2.51. The first-order chi connectivity index (χ1) is 8.16. The van der Waals surface area contributed by atoms with Crippen molar-refractivity contribution < 1.29 is 9.53 Å². The lowest BCUT2D eigenvalue weighted by Gasteiger charge is -2.19. The van der Waals surface area contributed by atoms with Crippen molar-refractivity contribution in [2.45, 2.75) is 38.6 Å². The molecule has 0 heterocycles. The molecule has 1 atom stereocenters. The van der Waals surface area contributed by atoms with Crippen molar-refractivity contribution in [3.05, 3.63) is 29.8 Å². The van der Waals surface area contributed by atoms with E-state index in [2.05, 4.69) is 0 Å². The van der Waals surface area contributed by atoms with Crippen LogP contribution in [0.3, 0.4) is 0 Å². The first kappa shape index (κ1) is 15.0. The Kier molecular flexibility index (Phi) is 5.63. The fraction of sp³-hybridized carbons (Fsp3) is 0.500. The van der Waals surface area contributed by atoms with Gasteiger partial charge in [-0.3, -0.25) is 4.79 Å². The standard InChI is InChI=1S/C14H19NO2.ClH/c1-10(16)17-13-8-6-12(7-9-13)14(15)11-4-2-3-5-11;/h6-9,11,14H,2-5,15H2,1H3;1H/t14-;/m1./s1. The van der Waals surface area contributed by atoms with E-state index < -0.39 is 0 Å². The topological polar surface area (TPSA) is 52.3 Å². The minimum atomic E-state index is -0.294. The van der Waals surface area contributed by atoms with Crippen molar-refractivity contribution in [3.63, 3.8) is 0 Å². The molecule has 3 nitrogen and oxygen atoms in total. The molecule has 0 radical (unpaired) electrons. The zero-order valence-corrected chi connectivity index (χ0v) is 11.4. The lowest BCUT2D eigenvalue weighted by atomic mass is 9.92. The van der Waals surface area contributed by atoms with E-state index in [1.54, 1.807) is 0 Å². The van der Waals surface area contributed by atoms with Crippen LogP contribution in [0.2, 0.25) is 0 Å². The lowest BCUT2D eigenvalue weighted by molar-refractivity contribution is -0.131. The molecule has 1 aliphatic rings. The molecule has 0 amide bonds. The number of carbonyl (C=O) groups excluding carboxylic acids is 1. The molecule has 0 saturated heterocycles. The third-order valence-corrected chi connectivity index (χ3v) is 3.43. The maximum Gasteiger partial charge on any atom is 0.308 e. The Morgan fingerprint density at radius 2 is 1.83 bits per heavy atom. The van der Waals surface area contributed by atoms with Gasteiger partial charge in [-0.15, -0.1) is 12.4 Å². The summed E-state index contributed by atoms with van der Waals surface area (Å²) >= 11 is 0. The second-order valence-electron chi connectivity index (χ2n) is 4.73. The number of benzene rings is 1. The van der Waals surface area contributed by atoms with Crippen molar-refractivity contribution in [2.24, 2.45) is 11.7 Å². The number of esters is 1. The summed E-state index contributed by atoms with van der Waals surface area (Å²) in [4.78, 5) is 10.8. The molecule has 0 unspecified atom stereocenters. The van der Waals surface area contributed by atoms with Gasteiger partial charge in [0.1, 0.15) is 5.75 Å². The summed E-state index contributed by atoms with van der Waals surface area (Å²) in [5.74, 6) is 0.896. The normalized spacial score (nSPS) is 17.0. The van der Waals surface area contributed by atoms with Gasteiger partial charge in [-0.25, -0.2) is 0 Å². The zero-order valence-electron chi connectivity index (χ0n) is 10.6. The predicted molar refractivity (Wildman–Crippen MR) is 73.9 cm³/mol. The average molecular weight is 270 g/mol. The highest BCUT2D eigenvalue weighted by atomic mass is 35.5. The van der Waals surface area contributed by atoms with Crippen molar-refractivity contribution in [2.75, 3.05) is 0 Å². The third kappa shape index (κ3) is 3.72. The van der Waals surface area contributed by atoms with E-state index >= 15 is 0 Å². The van der Waals surface area contributed by atoms with Crippen LogP contribution in [0.1, 0.15) is 44.2 Å². The molecule has 1 saturated carbocycles. The number of hydrogen-bond donors (Lipinski definition) is 1. The Hall–Kier alpha value is -1.06. The minimum absolute atomic E-state index is 0. The maximum atomic E-state index is 10.8. The molecule has 18 heavy (non-hydrogen) atoms. The number of rotatable bonds is 3. The molecule has 1 fully saturated rings. The Bertz CT molecular complexity index is 385. The predicted octanol–water partition coefficient (Wildman–Crippen LogP) is 3.22. The largest absolute Gasteiger partial charge is 0.427 e. The van der Waals surface area contributed by atoms with Gasteiger partial charge in [-0.2, -0.15) is 0 Å². The molecule has 0 aromatic heterocycles. The molecule has 100 valence electrons. The van der Waals surface area contributed by atoms with Gasteiger partial charge in [0.25, 0.3) is 0 Å². The molecular weight excluding hydrogens is 250 g/mol. The molecular formula is C14H20ClNO2. The summed E-state index contributed by atoms with van der Waals surface area (Å²) in [5, 5.41) is 0. The Balaban J connectivity index is 0.00000162. The van der Waals surface area contributed by atoms with Gasteiger partial charge in [-0.1, -0.05) is 25.0 Å². The molecule has 1 aromatic carbocycles. The first-order valence-electron chi connectivity index (χ1n) is 6.21. The third-order valence-electron chi connectivity index (χ3n) is 3.43. The summed E-state index contributed by atoms with van der Waals surface area (Å²) < 4.78 is 4.99. The van der Waals surface area contributed by atoms with Crippen molar-refractivity contribution >= 4 is 18.4 Å². The van der Waals surface area contributed by atoms with Crippen molar-refractivity contribution in [1.82, 2.24) is 0 Å². The summed E-state index contributed by atoms with van der Waals surface area (Å²) in [6.07, 6.45) is 5.05. The second-order valence-corrected chi connectivity index (χ2v) is 4.73. The number of hydrogen-bond acceptors (Lipinski definition) is 3. The quantitative estimate of drug-likeness (QED) is 0.677. The van der Waals surface area contributed by atoms with Gasteiger partial charge in [0, 0.05) is 13.0 Å². The van der Waals surface area contributed by atoms with Crippen LogP contribution in [0.15, 0.2) is 24.3 Å². The summed E-state index contributed by atoms with van der Waals surface area (Å²) in [7, 11) is 0. The van der Waals surface area contributed by atoms with Crippen molar-refractivity contribution in [3.8, 4) is 5.75 Å². The highest BCUT2D eigenvalue weighted by Gasteiger charge is 2.23. The van der Waals surface area contributed by atoms with Crippen molar-refractivity contribution in [1.29, 1.82) is 0 Å². The van der Waals surface area contributed by atoms with E-state index in [9.17, 15) is 4.79 Å². The Morgan fingerprint density at radius 1 is 1.28 bits per heavy atom. The van der Waals surface area contributed by atoms with E-state index in [0.717, 1.165) is 5.56 Å². The minimum Gasteiger partial charge on any atom is -0.427 e. The van der Waals surface area contributed by atoms with Gasteiger partial charge in [-0.05, 0) is 36.5 Å². The smallest absolute Gasteiger partial charge is 0.308 e. The Morgan fingerprint density at radius 3 is 2.33 bits per heavy atom. The molecule has 2 rings (SSSR count). The van der Waals surface area contributed by atoms with Crippen LogP contribution in [0.5, 0.6) is 5.75 Å². The van der Waals surface area contributed by atoms with E-state index in [1.165, 1.54) is 32.6 Å². The highest BCUT2D eigenvalue weighted by Crippen LogP contribution is 2.34. The SMILES string of the molecule is CC(=O)Oc1ccc([C@H](N)C2CCCC2)cc1.Cl. The number of carbonyl (C=O) groups is 1. The van der Waals surface area contributed by atoms with Gasteiger partial charge < -0.3 is 10.5 Å². The molecule has 4 heteroatoms. The number of nitrogens with two attached hydrogens (primary N) is 1. The van der Waals surface area contributed by atoms with Crippen LogP contribution >= 0.6 is 12.4 Å². The highest BCUT2D eigenvalue weighted by molar-refractivity contribution is 5.85. The van der Waals surface area contributed by atoms with E-state index in [-0.39, 0.29) is 24.4 Å². The van der Waals surface area contributed by atoms with Crippen LogP contribution in [0, 0.1) is 5.92 Å². The lowest BCUT2D eigenvalue weighted by Crippen LogP contribution is -2.18. The first-order valence-corrected chi connectivity index (χ1v) is 6.21. The maximum absolute atomic E-state index is 10.8. The molecule has 0 spiro atoms. The van der Waals surface area contributed by atoms with Crippen LogP contribution in [-0.2, 0) is 4.79 Å². The number of halogens is 1. The van der Waals surface area contributed by atoms with Crippen LogP contribution in [-0.4, -0.2) is 5.97 Å². The van der Waals surface area contributed by atoms with E-state index in [4.69, 9.17) is 10.5 Å². The molecule has 0 aliphatic heterocycles. The molecule has 1 aliphatic carbocycles. The van der Waals surface area contributed by atoms with Crippen LogP contribution < -0.4 is 10.5 Å². The Labute approximate surface area is 114 Å². The fourth-order valence-electron chi connectivity index (χ4n) is 2.51. The number of ether oxygens (including phenoxy) is 1.